The van der Waals surface area contributed by atoms with Crippen LogP contribution in [0.5, 0.6) is 0 Å². The van der Waals surface area contributed by atoms with Crippen molar-refractivity contribution in [3.8, 4) is 0 Å². The van der Waals surface area contributed by atoms with Crippen LogP contribution in [0.25, 0.3) is 0 Å². The number of carbonyl (C=O) groups excluding carboxylic acids is 2. The third kappa shape index (κ3) is 13.0. The summed E-state index contributed by atoms with van der Waals surface area (Å²) in [5.74, 6) is -0.801. The average molecular weight is 331 g/mol. The van der Waals surface area contributed by atoms with Crippen LogP contribution in [0.3, 0.4) is 0 Å². The van der Waals surface area contributed by atoms with E-state index in [4.69, 9.17) is 20.9 Å². The van der Waals surface area contributed by atoms with E-state index in [0.29, 0.717) is 13.2 Å². The molecule has 0 aliphatic heterocycles. The molecular weight excluding hydrogens is 298 g/mol. The molecular formula is C16H33N3O4. The van der Waals surface area contributed by atoms with Gasteiger partial charge in [0.25, 0.3) is 0 Å². The van der Waals surface area contributed by atoms with Crippen LogP contribution in [0.2, 0.25) is 0 Å². The van der Waals surface area contributed by atoms with Crippen LogP contribution in [0.15, 0.2) is 0 Å². The van der Waals surface area contributed by atoms with Gasteiger partial charge >= 0.3 is 0 Å². The fraction of sp³-hybridized carbons (Fsp3) is 0.875. The molecule has 0 saturated carbocycles. The maximum Gasteiger partial charge on any atom is 0.234 e. The molecule has 136 valence electrons. The van der Waals surface area contributed by atoms with Crippen LogP contribution in [-0.2, 0) is 19.1 Å². The fourth-order valence-electron chi connectivity index (χ4n) is 1.72. The predicted molar refractivity (Wildman–Crippen MR) is 89.7 cm³/mol. The lowest BCUT2D eigenvalue weighted by Crippen LogP contribution is -2.42. The summed E-state index contributed by atoms with van der Waals surface area (Å²) in [5, 5.41) is 2.78. The van der Waals surface area contributed by atoms with Crippen molar-refractivity contribution in [2.24, 2.45) is 11.5 Å². The molecule has 7 nitrogen and oxygen atoms in total. The Bertz CT molecular complexity index is 386. The monoisotopic (exact) mass is 331 g/mol. The zero-order valence-corrected chi connectivity index (χ0v) is 15.3. The summed E-state index contributed by atoms with van der Waals surface area (Å²) in [7, 11) is 0. The molecule has 0 aromatic heterocycles. The Morgan fingerprint density at radius 1 is 1.09 bits per heavy atom. The molecule has 0 aromatic rings. The maximum absolute atomic E-state index is 11.8. The van der Waals surface area contributed by atoms with Crippen LogP contribution >= 0.6 is 0 Å². The van der Waals surface area contributed by atoms with Crippen molar-refractivity contribution in [2.45, 2.75) is 77.7 Å². The molecule has 0 rings (SSSR count). The third-order valence-electron chi connectivity index (χ3n) is 2.80. The molecule has 0 aromatic carbocycles. The van der Waals surface area contributed by atoms with Crippen LogP contribution < -0.4 is 16.8 Å². The first-order valence-electron chi connectivity index (χ1n) is 7.93. The highest BCUT2D eigenvalue weighted by Crippen LogP contribution is 2.14. The van der Waals surface area contributed by atoms with Gasteiger partial charge in [-0.2, -0.15) is 0 Å². The Hall–Kier alpha value is -1.18. The number of amides is 2. The number of ether oxygens (including phenoxy) is 2. The Labute approximate surface area is 139 Å². The van der Waals surface area contributed by atoms with Gasteiger partial charge in [-0.1, -0.05) is 0 Å². The van der Waals surface area contributed by atoms with Crippen LogP contribution in [0.4, 0.5) is 0 Å². The number of hydrogen-bond donors (Lipinski definition) is 3. The summed E-state index contributed by atoms with van der Waals surface area (Å²) in [5.41, 5.74) is 9.94. The number of nitrogens with two attached hydrogens (primary N) is 2. The average Bonchev–Trinajstić information content (AvgIpc) is 2.36. The van der Waals surface area contributed by atoms with Gasteiger partial charge in [0.1, 0.15) is 0 Å². The Morgan fingerprint density at radius 3 is 2.09 bits per heavy atom. The molecule has 0 fully saturated rings. The quantitative estimate of drug-likeness (QED) is 0.575. The number of nitrogens with one attached hydrogen (secondary N) is 1. The number of rotatable bonds is 9. The zero-order chi connectivity index (χ0) is 18.3. The molecule has 0 radical (unpaired) electrons. The minimum Gasteiger partial charge on any atom is -0.373 e. The van der Waals surface area contributed by atoms with Gasteiger partial charge in [-0.15, -0.1) is 0 Å². The fourth-order valence-corrected chi connectivity index (χ4v) is 1.72. The summed E-state index contributed by atoms with van der Waals surface area (Å²) in [6.45, 7) is 12.4. The molecule has 0 heterocycles. The zero-order valence-electron chi connectivity index (χ0n) is 15.3. The van der Waals surface area contributed by atoms with Gasteiger partial charge in [0.2, 0.25) is 11.8 Å². The minimum absolute atomic E-state index is 0.145. The van der Waals surface area contributed by atoms with E-state index in [9.17, 15) is 9.59 Å². The van der Waals surface area contributed by atoms with Crippen molar-refractivity contribution < 1.29 is 19.1 Å². The van der Waals surface area contributed by atoms with Crippen molar-refractivity contribution >= 4 is 11.8 Å². The van der Waals surface area contributed by atoms with E-state index in [1.165, 1.54) is 0 Å². The summed E-state index contributed by atoms with van der Waals surface area (Å²) < 4.78 is 11.7. The molecule has 2 unspecified atom stereocenters. The molecule has 0 bridgehead atoms. The Balaban J connectivity index is 4.36. The van der Waals surface area contributed by atoms with Gasteiger partial charge < -0.3 is 26.3 Å². The van der Waals surface area contributed by atoms with E-state index in [1.807, 2.05) is 41.5 Å². The Kier molecular flexibility index (Phi) is 8.73. The smallest absolute Gasteiger partial charge is 0.234 e. The van der Waals surface area contributed by atoms with E-state index in [1.54, 1.807) is 0 Å². The standard InChI is InChI=1S/C16H33N3O4/c1-15(2,3)22-10-11(23-16(4,5)6)9-19-13(20)8-7-12(17)14(18)21/h11-12H,7-10,17H2,1-6H3,(H2,18,21)(H,19,20). The highest BCUT2D eigenvalue weighted by molar-refractivity contribution is 5.81. The second kappa shape index (κ2) is 9.20. The van der Waals surface area contributed by atoms with Crippen LogP contribution in [0.1, 0.15) is 54.4 Å². The normalized spacial score (nSPS) is 15.1. The van der Waals surface area contributed by atoms with Crippen LogP contribution in [-0.4, -0.2) is 48.3 Å². The van der Waals surface area contributed by atoms with Crippen molar-refractivity contribution in [2.75, 3.05) is 13.2 Å². The van der Waals surface area contributed by atoms with Crippen molar-refractivity contribution in [1.29, 1.82) is 0 Å². The predicted octanol–water partition coefficient (Wildman–Crippen LogP) is 0.694. The molecule has 0 spiro atoms. The molecule has 0 aliphatic carbocycles. The number of primary amides is 1. The highest BCUT2D eigenvalue weighted by atomic mass is 16.6. The summed E-state index contributed by atoms with van der Waals surface area (Å²) in [6.07, 6.45) is 0.111. The summed E-state index contributed by atoms with van der Waals surface area (Å²) >= 11 is 0. The molecule has 5 N–H and O–H groups in total. The molecule has 2 amide bonds. The van der Waals surface area contributed by atoms with E-state index in [2.05, 4.69) is 5.32 Å². The summed E-state index contributed by atoms with van der Waals surface area (Å²) in [4.78, 5) is 22.7. The molecule has 0 aliphatic rings. The van der Waals surface area contributed by atoms with E-state index < -0.39 is 11.9 Å². The van der Waals surface area contributed by atoms with Crippen molar-refractivity contribution in [1.82, 2.24) is 5.32 Å². The van der Waals surface area contributed by atoms with Gasteiger partial charge in [-0.25, -0.2) is 0 Å². The largest absolute Gasteiger partial charge is 0.373 e. The Morgan fingerprint density at radius 2 is 1.65 bits per heavy atom. The first-order chi connectivity index (χ1) is 10.3. The van der Waals surface area contributed by atoms with Crippen LogP contribution in [0, 0.1) is 0 Å². The second-order valence-electron chi connectivity index (χ2n) is 7.63. The number of carbonyl (C=O) groups is 2. The van der Waals surface area contributed by atoms with E-state index in [0.717, 1.165) is 0 Å². The first kappa shape index (κ1) is 21.8. The molecule has 7 heteroatoms. The van der Waals surface area contributed by atoms with Gasteiger partial charge in [-0.3, -0.25) is 9.59 Å². The van der Waals surface area contributed by atoms with Gasteiger partial charge in [0, 0.05) is 13.0 Å². The first-order valence-corrected chi connectivity index (χ1v) is 7.93. The second-order valence-corrected chi connectivity index (χ2v) is 7.63. The summed E-state index contributed by atoms with van der Waals surface area (Å²) in [6, 6.07) is -0.799. The molecule has 23 heavy (non-hydrogen) atoms. The minimum atomic E-state index is -0.799. The third-order valence-corrected chi connectivity index (χ3v) is 2.80. The van der Waals surface area contributed by atoms with Crippen molar-refractivity contribution in [3.05, 3.63) is 0 Å². The SMILES string of the molecule is CC(C)(C)OCC(CNC(=O)CCC(N)C(N)=O)OC(C)(C)C. The van der Waals surface area contributed by atoms with E-state index in [-0.39, 0.29) is 36.1 Å². The highest BCUT2D eigenvalue weighted by Gasteiger charge is 2.22. The maximum atomic E-state index is 11.8. The lowest BCUT2D eigenvalue weighted by atomic mass is 10.1. The van der Waals surface area contributed by atoms with Gasteiger partial charge in [-0.05, 0) is 48.0 Å². The van der Waals surface area contributed by atoms with Crippen molar-refractivity contribution in [3.63, 3.8) is 0 Å². The van der Waals surface area contributed by atoms with Gasteiger partial charge in [0.05, 0.1) is 30.0 Å². The van der Waals surface area contributed by atoms with E-state index >= 15 is 0 Å². The topological polar surface area (TPSA) is 117 Å². The molecule has 2 atom stereocenters. The lowest BCUT2D eigenvalue weighted by molar-refractivity contribution is -0.129. The lowest BCUT2D eigenvalue weighted by Gasteiger charge is -2.30. The van der Waals surface area contributed by atoms with Gasteiger partial charge in [0.15, 0.2) is 0 Å². The number of hydrogen-bond acceptors (Lipinski definition) is 5. The molecule has 0 saturated heterocycles.